The van der Waals surface area contributed by atoms with E-state index in [0.29, 0.717) is 28.2 Å². The zero-order chi connectivity index (χ0) is 19.8. The van der Waals surface area contributed by atoms with Crippen LogP contribution in [-0.2, 0) is 4.74 Å². The molecule has 0 radical (unpaired) electrons. The fourth-order valence-electron chi connectivity index (χ4n) is 2.61. The van der Waals surface area contributed by atoms with Crippen LogP contribution in [0.3, 0.4) is 0 Å². The van der Waals surface area contributed by atoms with Crippen LogP contribution in [-0.4, -0.2) is 33.3 Å². The largest absolute Gasteiger partial charge is 0.497 e. The van der Waals surface area contributed by atoms with Crippen LogP contribution in [0.1, 0.15) is 20.8 Å². The van der Waals surface area contributed by atoms with Crippen molar-refractivity contribution < 1.29 is 19.2 Å². The van der Waals surface area contributed by atoms with E-state index >= 15 is 0 Å². The number of aromatic nitrogens is 2. The van der Waals surface area contributed by atoms with Gasteiger partial charge >= 0.3 is 6.09 Å². The Balaban J connectivity index is 2.21. The van der Waals surface area contributed by atoms with Gasteiger partial charge in [-0.3, -0.25) is 10.1 Å². The van der Waals surface area contributed by atoms with Gasteiger partial charge in [0.05, 0.1) is 23.1 Å². The molecule has 27 heavy (non-hydrogen) atoms. The van der Waals surface area contributed by atoms with Crippen LogP contribution in [0.5, 0.6) is 5.75 Å². The summed E-state index contributed by atoms with van der Waals surface area (Å²) >= 11 is 0. The normalized spacial score (nSPS) is 11.4. The molecule has 1 heterocycles. The van der Waals surface area contributed by atoms with E-state index in [1.807, 2.05) is 0 Å². The first-order chi connectivity index (χ1) is 12.7. The van der Waals surface area contributed by atoms with Gasteiger partial charge in [0, 0.05) is 17.7 Å². The minimum atomic E-state index is -0.703. The van der Waals surface area contributed by atoms with Crippen LogP contribution < -0.4 is 4.74 Å². The Hall–Kier alpha value is -3.42. The average molecular weight is 369 g/mol. The van der Waals surface area contributed by atoms with E-state index in [2.05, 4.69) is 4.98 Å². The van der Waals surface area contributed by atoms with Gasteiger partial charge in [-0.1, -0.05) is 0 Å². The van der Waals surface area contributed by atoms with Gasteiger partial charge in [0.15, 0.2) is 5.82 Å². The standard InChI is InChI=1S/C19H19N3O5/c1-19(2,3)27-18(23)21-16-10-7-13(22(24)25)11-15(16)20-17(21)12-5-8-14(26-4)9-6-12/h5-11H,1-4H3. The average Bonchev–Trinajstić information content (AvgIpc) is 2.99. The molecule has 0 saturated heterocycles. The molecule has 8 nitrogen and oxygen atoms in total. The molecule has 0 atom stereocenters. The maximum absolute atomic E-state index is 12.8. The minimum Gasteiger partial charge on any atom is -0.497 e. The molecule has 3 rings (SSSR count). The number of rotatable bonds is 3. The zero-order valence-corrected chi connectivity index (χ0v) is 15.4. The van der Waals surface area contributed by atoms with E-state index < -0.39 is 16.6 Å². The number of fused-ring (bicyclic) bond motifs is 1. The lowest BCUT2D eigenvalue weighted by atomic mass is 10.2. The number of nitro groups is 1. The molecule has 0 amide bonds. The van der Waals surface area contributed by atoms with Gasteiger partial charge in [-0.2, -0.15) is 0 Å². The molecule has 0 spiro atoms. The minimum absolute atomic E-state index is 0.0994. The quantitative estimate of drug-likeness (QED) is 0.501. The molecule has 0 saturated carbocycles. The molecule has 0 bridgehead atoms. The highest BCUT2D eigenvalue weighted by molar-refractivity contribution is 5.93. The first-order valence-electron chi connectivity index (χ1n) is 8.24. The number of ether oxygens (including phenoxy) is 2. The van der Waals surface area contributed by atoms with Gasteiger partial charge in [-0.15, -0.1) is 0 Å². The first-order valence-corrected chi connectivity index (χ1v) is 8.24. The lowest BCUT2D eigenvalue weighted by Gasteiger charge is -2.20. The maximum atomic E-state index is 12.8. The molecule has 0 aliphatic carbocycles. The van der Waals surface area contributed by atoms with Crippen molar-refractivity contribution in [3.05, 3.63) is 52.6 Å². The number of hydrogen-bond donors (Lipinski definition) is 0. The van der Waals surface area contributed by atoms with Crippen molar-refractivity contribution in [2.24, 2.45) is 0 Å². The molecule has 0 aliphatic heterocycles. The van der Waals surface area contributed by atoms with E-state index in [0.717, 1.165) is 0 Å². The van der Waals surface area contributed by atoms with E-state index in [4.69, 9.17) is 9.47 Å². The van der Waals surface area contributed by atoms with E-state index in [-0.39, 0.29) is 5.69 Å². The van der Waals surface area contributed by atoms with Crippen LogP contribution in [0.15, 0.2) is 42.5 Å². The van der Waals surface area contributed by atoms with E-state index in [9.17, 15) is 14.9 Å². The monoisotopic (exact) mass is 369 g/mol. The Kier molecular flexibility index (Phi) is 4.57. The summed E-state index contributed by atoms with van der Waals surface area (Å²) < 4.78 is 12.0. The Labute approximate surface area is 155 Å². The SMILES string of the molecule is COc1ccc(-c2nc3cc([N+](=O)[O-])ccc3n2C(=O)OC(C)(C)C)cc1. The number of carbonyl (C=O) groups is 1. The highest BCUT2D eigenvalue weighted by Crippen LogP contribution is 2.29. The molecule has 0 N–H and O–H groups in total. The van der Waals surface area contributed by atoms with Gasteiger partial charge in [0.25, 0.3) is 5.69 Å². The number of carbonyl (C=O) groups excluding carboxylic acids is 1. The highest BCUT2D eigenvalue weighted by atomic mass is 16.6. The number of imidazole rings is 1. The fourth-order valence-corrected chi connectivity index (χ4v) is 2.61. The number of nitrogens with zero attached hydrogens (tertiary/aromatic N) is 3. The Morgan fingerprint density at radius 2 is 1.81 bits per heavy atom. The molecule has 140 valence electrons. The molecular formula is C19H19N3O5. The summed E-state index contributed by atoms with van der Waals surface area (Å²) in [4.78, 5) is 27.8. The topological polar surface area (TPSA) is 96.5 Å². The summed E-state index contributed by atoms with van der Waals surface area (Å²) in [6.07, 6.45) is -0.607. The number of methoxy groups -OCH3 is 1. The Morgan fingerprint density at radius 3 is 2.37 bits per heavy atom. The zero-order valence-electron chi connectivity index (χ0n) is 15.4. The number of benzene rings is 2. The van der Waals surface area contributed by atoms with Gasteiger partial charge in [-0.25, -0.2) is 14.3 Å². The predicted octanol–water partition coefficient (Wildman–Crippen LogP) is 4.40. The van der Waals surface area contributed by atoms with Crippen molar-refractivity contribution in [3.8, 4) is 17.1 Å². The summed E-state index contributed by atoms with van der Waals surface area (Å²) in [7, 11) is 1.56. The smallest absolute Gasteiger partial charge is 0.420 e. The lowest BCUT2D eigenvalue weighted by molar-refractivity contribution is -0.384. The molecule has 3 aromatic rings. The third kappa shape index (κ3) is 3.74. The molecular weight excluding hydrogens is 350 g/mol. The third-order valence-corrected chi connectivity index (χ3v) is 3.77. The fraction of sp³-hybridized carbons (Fsp3) is 0.263. The molecule has 1 aromatic heterocycles. The van der Waals surface area contributed by atoms with Gasteiger partial charge in [0.2, 0.25) is 0 Å². The first kappa shape index (κ1) is 18.4. The third-order valence-electron chi connectivity index (χ3n) is 3.77. The summed E-state index contributed by atoms with van der Waals surface area (Å²) in [6, 6.07) is 11.2. The van der Waals surface area contributed by atoms with Crippen LogP contribution in [0.2, 0.25) is 0 Å². The summed E-state index contributed by atoms with van der Waals surface area (Å²) in [6.45, 7) is 5.30. The van der Waals surface area contributed by atoms with Crippen molar-refractivity contribution >= 4 is 22.8 Å². The summed E-state index contributed by atoms with van der Waals surface area (Å²) in [5, 5.41) is 11.1. The Morgan fingerprint density at radius 1 is 1.15 bits per heavy atom. The molecule has 0 aliphatic rings. The molecule has 0 unspecified atom stereocenters. The summed E-state index contributed by atoms with van der Waals surface area (Å²) in [5.74, 6) is 0.997. The van der Waals surface area contributed by atoms with Crippen LogP contribution >= 0.6 is 0 Å². The number of nitro benzene ring substituents is 1. The van der Waals surface area contributed by atoms with Gasteiger partial charge < -0.3 is 9.47 Å². The van der Waals surface area contributed by atoms with Crippen molar-refractivity contribution in [3.63, 3.8) is 0 Å². The van der Waals surface area contributed by atoms with Crippen molar-refractivity contribution in [2.45, 2.75) is 26.4 Å². The van der Waals surface area contributed by atoms with E-state index in [1.54, 1.807) is 52.1 Å². The van der Waals surface area contributed by atoms with Crippen molar-refractivity contribution in [1.29, 1.82) is 0 Å². The Bertz CT molecular complexity index is 1020. The second-order valence-corrected chi connectivity index (χ2v) is 6.91. The van der Waals surface area contributed by atoms with Crippen molar-refractivity contribution in [1.82, 2.24) is 9.55 Å². The second-order valence-electron chi connectivity index (χ2n) is 6.91. The van der Waals surface area contributed by atoms with E-state index in [1.165, 1.54) is 22.8 Å². The van der Waals surface area contributed by atoms with Gasteiger partial charge in [0.1, 0.15) is 11.4 Å². The molecule has 2 aromatic carbocycles. The second kappa shape index (κ2) is 6.71. The van der Waals surface area contributed by atoms with Crippen LogP contribution in [0.25, 0.3) is 22.4 Å². The van der Waals surface area contributed by atoms with Crippen LogP contribution in [0, 0.1) is 10.1 Å². The highest BCUT2D eigenvalue weighted by Gasteiger charge is 2.25. The summed E-state index contributed by atoms with van der Waals surface area (Å²) in [5.41, 5.74) is 0.616. The van der Waals surface area contributed by atoms with Crippen molar-refractivity contribution in [2.75, 3.05) is 7.11 Å². The molecule has 0 fully saturated rings. The predicted molar refractivity (Wildman–Crippen MR) is 100 cm³/mol. The number of non-ortho nitro benzene ring substituents is 1. The maximum Gasteiger partial charge on any atom is 0.420 e. The van der Waals surface area contributed by atoms with Gasteiger partial charge in [-0.05, 0) is 51.1 Å². The lowest BCUT2D eigenvalue weighted by Crippen LogP contribution is -2.27. The molecule has 8 heteroatoms. The van der Waals surface area contributed by atoms with Crippen LogP contribution in [0.4, 0.5) is 10.5 Å². The number of hydrogen-bond acceptors (Lipinski definition) is 6.